The molecular weight excluding hydrogens is 526 g/mol. The van der Waals surface area contributed by atoms with Crippen LogP contribution < -0.4 is 15.1 Å². The standard InChI is InChI=1S/C28H33N9O2S/c1-17-9-25(34-28(31-17)37-16-20-11-21(37)15-35(20)5-7-38)33-24-12-22-23(13-30-24)40-27(32-22)19-3-4-29-26(10-19)36-6-8-39-18(2)14-36/h3-4,9-10,12-13,18,20-21,38H,5-8,11,14-16H2,1-2H3,(H,30,31,33,34)/t18-,20+,21+/m1/s1. The third kappa shape index (κ3) is 4.96. The molecule has 0 amide bonds. The molecule has 2 bridgehead atoms. The van der Waals surface area contributed by atoms with Gasteiger partial charge in [-0.1, -0.05) is 0 Å². The zero-order valence-electron chi connectivity index (χ0n) is 22.7. The number of morpholine rings is 1. The first kappa shape index (κ1) is 25.5. The molecule has 3 saturated heterocycles. The van der Waals surface area contributed by atoms with Gasteiger partial charge in [0.05, 0.1) is 29.5 Å². The normalized spacial score (nSPS) is 22.9. The van der Waals surface area contributed by atoms with Crippen LogP contribution in [0.2, 0.25) is 0 Å². The maximum absolute atomic E-state index is 9.34. The zero-order valence-corrected chi connectivity index (χ0v) is 23.5. The molecule has 3 atom stereocenters. The van der Waals surface area contributed by atoms with Crippen LogP contribution in [0.15, 0.2) is 36.7 Å². The highest BCUT2D eigenvalue weighted by molar-refractivity contribution is 7.21. The summed E-state index contributed by atoms with van der Waals surface area (Å²) in [5.41, 5.74) is 2.85. The van der Waals surface area contributed by atoms with Crippen LogP contribution in [-0.4, -0.2) is 99.1 Å². The number of aliphatic hydroxyl groups excluding tert-OH is 1. The van der Waals surface area contributed by atoms with E-state index in [0.717, 1.165) is 83.2 Å². The number of piperazine rings is 1. The van der Waals surface area contributed by atoms with Crippen molar-refractivity contribution in [1.29, 1.82) is 0 Å². The number of hydrogen-bond acceptors (Lipinski definition) is 12. The van der Waals surface area contributed by atoms with Gasteiger partial charge in [0.2, 0.25) is 5.95 Å². The molecule has 7 heterocycles. The van der Waals surface area contributed by atoms with Crippen molar-refractivity contribution in [2.24, 2.45) is 0 Å². The Morgan fingerprint density at radius 3 is 2.83 bits per heavy atom. The highest BCUT2D eigenvalue weighted by Crippen LogP contribution is 2.35. The second kappa shape index (κ2) is 10.5. The predicted octanol–water partition coefficient (Wildman–Crippen LogP) is 3.08. The van der Waals surface area contributed by atoms with Crippen molar-refractivity contribution >= 4 is 45.0 Å². The van der Waals surface area contributed by atoms with Crippen molar-refractivity contribution < 1.29 is 9.84 Å². The Kier molecular flexibility index (Phi) is 6.70. The van der Waals surface area contributed by atoms with Crippen LogP contribution in [0.25, 0.3) is 20.8 Å². The number of rotatable bonds is 7. The molecule has 3 aliphatic heterocycles. The fourth-order valence-electron chi connectivity index (χ4n) is 6.05. The van der Waals surface area contributed by atoms with Gasteiger partial charge in [0.15, 0.2) is 0 Å². The van der Waals surface area contributed by atoms with E-state index in [9.17, 15) is 5.11 Å². The monoisotopic (exact) mass is 559 g/mol. The fraction of sp³-hybridized carbons (Fsp3) is 0.464. The average molecular weight is 560 g/mol. The smallest absolute Gasteiger partial charge is 0.227 e. The summed E-state index contributed by atoms with van der Waals surface area (Å²) in [7, 11) is 0. The van der Waals surface area contributed by atoms with Crippen molar-refractivity contribution in [2.45, 2.75) is 38.5 Å². The topological polar surface area (TPSA) is 116 Å². The maximum atomic E-state index is 9.34. The predicted molar refractivity (Wildman–Crippen MR) is 157 cm³/mol. The van der Waals surface area contributed by atoms with Crippen molar-refractivity contribution in [3.8, 4) is 10.6 Å². The Morgan fingerprint density at radius 2 is 2.00 bits per heavy atom. The summed E-state index contributed by atoms with van der Waals surface area (Å²) in [6.45, 7) is 9.24. The maximum Gasteiger partial charge on any atom is 0.227 e. The van der Waals surface area contributed by atoms with Gasteiger partial charge in [-0.15, -0.1) is 11.3 Å². The van der Waals surface area contributed by atoms with Crippen LogP contribution >= 0.6 is 11.3 Å². The molecule has 0 saturated carbocycles. The molecule has 0 spiro atoms. The number of pyridine rings is 2. The third-order valence-corrected chi connectivity index (χ3v) is 8.98. The fourth-order valence-corrected chi connectivity index (χ4v) is 6.96. The number of anilines is 4. The summed E-state index contributed by atoms with van der Waals surface area (Å²) in [5, 5.41) is 13.7. The molecule has 0 radical (unpaired) electrons. The van der Waals surface area contributed by atoms with Gasteiger partial charge in [-0.05, 0) is 32.4 Å². The first-order valence-corrected chi connectivity index (χ1v) is 14.7. The highest BCUT2D eigenvalue weighted by Gasteiger charge is 2.44. The van der Waals surface area contributed by atoms with E-state index in [1.54, 1.807) is 11.3 Å². The number of nitrogens with zero attached hydrogens (tertiary/aromatic N) is 8. The molecule has 0 aromatic carbocycles. The van der Waals surface area contributed by atoms with Gasteiger partial charge in [0, 0.05) is 80.6 Å². The highest BCUT2D eigenvalue weighted by atomic mass is 32.1. The molecule has 3 fully saturated rings. The summed E-state index contributed by atoms with van der Waals surface area (Å²) in [6.07, 6.45) is 5.01. The lowest BCUT2D eigenvalue weighted by Gasteiger charge is -2.34. The average Bonchev–Trinajstić information content (AvgIpc) is 3.67. The van der Waals surface area contributed by atoms with E-state index >= 15 is 0 Å². The van der Waals surface area contributed by atoms with E-state index in [4.69, 9.17) is 19.7 Å². The molecule has 7 rings (SSSR count). The number of aliphatic hydroxyl groups is 1. The molecule has 40 heavy (non-hydrogen) atoms. The van der Waals surface area contributed by atoms with E-state index in [1.807, 2.05) is 37.5 Å². The summed E-state index contributed by atoms with van der Waals surface area (Å²) >= 11 is 1.63. The van der Waals surface area contributed by atoms with Crippen molar-refractivity contribution in [3.63, 3.8) is 0 Å². The number of likely N-dealkylation sites (tertiary alicyclic amines) is 1. The van der Waals surface area contributed by atoms with Crippen LogP contribution in [0.4, 0.5) is 23.4 Å². The van der Waals surface area contributed by atoms with Gasteiger partial charge >= 0.3 is 0 Å². The molecule has 12 heteroatoms. The van der Waals surface area contributed by atoms with Gasteiger partial charge in [-0.3, -0.25) is 4.90 Å². The molecule has 11 nitrogen and oxygen atoms in total. The molecule has 4 aromatic rings. The summed E-state index contributed by atoms with van der Waals surface area (Å²) in [4.78, 5) is 30.7. The Labute approximate surface area is 236 Å². The van der Waals surface area contributed by atoms with Crippen molar-refractivity contribution in [1.82, 2.24) is 29.8 Å². The number of ether oxygens (including phenoxy) is 1. The summed E-state index contributed by atoms with van der Waals surface area (Å²) in [6, 6.07) is 8.88. The van der Waals surface area contributed by atoms with Crippen LogP contribution in [0.1, 0.15) is 19.0 Å². The van der Waals surface area contributed by atoms with E-state index in [2.05, 4.69) is 43.0 Å². The van der Waals surface area contributed by atoms with Gasteiger partial charge in [0.1, 0.15) is 22.5 Å². The second-order valence-corrected chi connectivity index (χ2v) is 11.9. The van der Waals surface area contributed by atoms with Crippen LogP contribution in [0, 0.1) is 6.92 Å². The minimum absolute atomic E-state index is 0.195. The number of nitrogens with one attached hydrogen (secondary N) is 1. The molecule has 2 N–H and O–H groups in total. The Balaban J connectivity index is 1.09. The third-order valence-electron chi connectivity index (χ3n) is 7.93. The largest absolute Gasteiger partial charge is 0.395 e. The number of fused-ring (bicyclic) bond motifs is 3. The van der Waals surface area contributed by atoms with Crippen LogP contribution in [0.3, 0.4) is 0 Å². The molecule has 0 unspecified atom stereocenters. The first-order valence-electron chi connectivity index (χ1n) is 13.9. The van der Waals surface area contributed by atoms with E-state index in [0.29, 0.717) is 24.5 Å². The van der Waals surface area contributed by atoms with Crippen molar-refractivity contribution in [3.05, 3.63) is 42.4 Å². The van der Waals surface area contributed by atoms with Gasteiger partial charge in [-0.2, -0.15) is 4.98 Å². The number of β-amino-alcohol motifs (C(OH)–C–C–N with tert-alkyl or cyclic N) is 1. The van der Waals surface area contributed by atoms with Gasteiger partial charge in [0.25, 0.3) is 0 Å². The number of aryl methyl sites for hydroxylation is 1. The lowest BCUT2D eigenvalue weighted by molar-refractivity contribution is 0.0529. The Morgan fingerprint density at radius 1 is 1.07 bits per heavy atom. The number of aromatic nitrogens is 5. The lowest BCUT2D eigenvalue weighted by atomic mass is 10.2. The minimum atomic E-state index is 0.195. The summed E-state index contributed by atoms with van der Waals surface area (Å²) < 4.78 is 6.72. The lowest BCUT2D eigenvalue weighted by Crippen LogP contribution is -2.47. The summed E-state index contributed by atoms with van der Waals surface area (Å²) in [5.74, 6) is 3.12. The Hall–Kier alpha value is -3.45. The quantitative estimate of drug-likeness (QED) is 0.348. The van der Waals surface area contributed by atoms with Crippen LogP contribution in [-0.2, 0) is 4.74 Å². The second-order valence-electron chi connectivity index (χ2n) is 10.8. The van der Waals surface area contributed by atoms with Gasteiger partial charge < -0.3 is 25.0 Å². The molecule has 0 aliphatic carbocycles. The SMILES string of the molecule is Cc1cc(Nc2cc3nc(-c4ccnc(N5CCO[C@H](C)C5)c4)sc3cn2)nc(N2C[C@@H]3C[C@H]2CN3CCO)n1. The number of hydrogen-bond donors (Lipinski definition) is 2. The molecule has 4 aromatic heterocycles. The van der Waals surface area contributed by atoms with Gasteiger partial charge in [-0.25, -0.2) is 19.9 Å². The molecular formula is C28H33N9O2S. The minimum Gasteiger partial charge on any atom is -0.395 e. The van der Waals surface area contributed by atoms with Crippen LogP contribution in [0.5, 0.6) is 0 Å². The van der Waals surface area contributed by atoms with Crippen molar-refractivity contribution in [2.75, 3.05) is 61.1 Å². The van der Waals surface area contributed by atoms with E-state index in [1.165, 1.54) is 0 Å². The van der Waals surface area contributed by atoms with E-state index in [-0.39, 0.29) is 12.7 Å². The first-order chi connectivity index (χ1) is 19.5. The van der Waals surface area contributed by atoms with E-state index < -0.39 is 0 Å². The molecule has 3 aliphatic rings. The zero-order chi connectivity index (χ0) is 27.2. The number of thiazole rings is 1. The molecule has 208 valence electrons. The Bertz CT molecular complexity index is 1530.